The van der Waals surface area contributed by atoms with E-state index in [4.69, 9.17) is 9.47 Å². The number of fused-ring (bicyclic) bond motifs is 5. The average Bonchev–Trinajstić information content (AvgIpc) is 3.51. The predicted molar refractivity (Wildman–Crippen MR) is 147 cm³/mol. The van der Waals surface area contributed by atoms with Gasteiger partial charge < -0.3 is 24.3 Å². The Balaban J connectivity index is 1.46. The number of hydrogen-bond donors (Lipinski definition) is 1. The SMILES string of the molecule is CCOc1cccc(C2c3cccn3-c3sc4c(c3CN2C(=O)Nc2ccc(OC)cc2)CCCC4)c1. The molecular formula is C30H31N3O3S. The summed E-state index contributed by atoms with van der Waals surface area (Å²) in [4.78, 5) is 17.5. The van der Waals surface area contributed by atoms with Crippen molar-refractivity contribution >= 4 is 23.1 Å². The predicted octanol–water partition coefficient (Wildman–Crippen LogP) is 6.96. The second-order valence-electron chi connectivity index (χ2n) is 9.49. The number of benzene rings is 2. The van der Waals surface area contributed by atoms with Gasteiger partial charge in [-0.05, 0) is 92.3 Å². The number of hydrogen-bond acceptors (Lipinski definition) is 4. The lowest BCUT2D eigenvalue weighted by atomic mass is 9.95. The van der Waals surface area contributed by atoms with Crippen LogP contribution in [-0.4, -0.2) is 29.2 Å². The summed E-state index contributed by atoms with van der Waals surface area (Å²) in [6.07, 6.45) is 6.78. The van der Waals surface area contributed by atoms with Gasteiger partial charge in [-0.15, -0.1) is 11.3 Å². The van der Waals surface area contributed by atoms with Crippen molar-refractivity contribution in [2.24, 2.45) is 0 Å². The molecule has 0 fully saturated rings. The van der Waals surface area contributed by atoms with Gasteiger partial charge in [-0.3, -0.25) is 0 Å². The van der Waals surface area contributed by atoms with Crippen LogP contribution in [0.5, 0.6) is 11.5 Å². The Bertz CT molecular complexity index is 1420. The summed E-state index contributed by atoms with van der Waals surface area (Å²) in [6.45, 7) is 3.13. The second-order valence-corrected chi connectivity index (χ2v) is 10.6. The second kappa shape index (κ2) is 9.98. The molecule has 6 nitrogen and oxygen atoms in total. The first-order valence-electron chi connectivity index (χ1n) is 12.9. The van der Waals surface area contributed by atoms with Gasteiger partial charge in [0, 0.05) is 22.3 Å². The molecule has 2 aliphatic rings. The number of nitrogens with zero attached hydrogens (tertiary/aromatic N) is 2. The number of amides is 2. The van der Waals surface area contributed by atoms with E-state index in [1.165, 1.54) is 33.8 Å². The van der Waals surface area contributed by atoms with Crippen molar-refractivity contribution in [3.05, 3.63) is 94.1 Å². The monoisotopic (exact) mass is 513 g/mol. The smallest absolute Gasteiger partial charge is 0.322 e. The molecule has 190 valence electrons. The first kappa shape index (κ1) is 23.7. The van der Waals surface area contributed by atoms with Crippen LogP contribution in [0, 0.1) is 0 Å². The number of urea groups is 1. The molecule has 1 aliphatic carbocycles. The summed E-state index contributed by atoms with van der Waals surface area (Å²) in [5.41, 5.74) is 5.57. The van der Waals surface area contributed by atoms with Crippen molar-refractivity contribution in [1.29, 1.82) is 0 Å². The Morgan fingerprint density at radius 2 is 1.86 bits per heavy atom. The van der Waals surface area contributed by atoms with Crippen LogP contribution in [-0.2, 0) is 19.4 Å². The number of aryl methyl sites for hydroxylation is 1. The van der Waals surface area contributed by atoms with Gasteiger partial charge in [-0.25, -0.2) is 4.79 Å². The third-order valence-corrected chi connectivity index (χ3v) is 8.60. The maximum Gasteiger partial charge on any atom is 0.322 e. The van der Waals surface area contributed by atoms with Gasteiger partial charge in [0.2, 0.25) is 0 Å². The zero-order valence-electron chi connectivity index (χ0n) is 21.2. The van der Waals surface area contributed by atoms with E-state index in [1.807, 2.05) is 59.6 Å². The van der Waals surface area contributed by atoms with Crippen molar-refractivity contribution in [1.82, 2.24) is 9.47 Å². The number of aromatic nitrogens is 1. The topological polar surface area (TPSA) is 55.7 Å². The lowest BCUT2D eigenvalue weighted by Crippen LogP contribution is -2.38. The normalized spacial score (nSPS) is 16.3. The number of thiophene rings is 1. The molecule has 0 bridgehead atoms. The number of methoxy groups -OCH3 is 1. The maximum absolute atomic E-state index is 14.0. The van der Waals surface area contributed by atoms with Crippen molar-refractivity contribution in [2.75, 3.05) is 19.0 Å². The standard InChI is InChI=1S/C30H31N3O3S/c1-3-36-23-9-6-8-20(18-23)28-26-11-7-17-32(26)29-25(24-10-4-5-12-27(24)37-29)19-33(28)30(34)31-21-13-15-22(35-2)16-14-21/h6-9,11,13-18,28H,3-5,10,12,19H2,1-2H3,(H,31,34). The number of rotatable bonds is 5. The molecule has 0 saturated carbocycles. The van der Waals surface area contributed by atoms with Crippen molar-refractivity contribution in [2.45, 2.75) is 45.2 Å². The summed E-state index contributed by atoms with van der Waals surface area (Å²) in [5.74, 6) is 1.57. The van der Waals surface area contributed by atoms with Crippen LogP contribution < -0.4 is 14.8 Å². The molecule has 2 aromatic heterocycles. The van der Waals surface area contributed by atoms with E-state index >= 15 is 0 Å². The van der Waals surface area contributed by atoms with Crippen molar-refractivity contribution in [3.63, 3.8) is 0 Å². The quantitative estimate of drug-likeness (QED) is 0.314. The number of anilines is 1. The zero-order chi connectivity index (χ0) is 25.4. The molecule has 1 N–H and O–H groups in total. The van der Waals surface area contributed by atoms with E-state index in [9.17, 15) is 4.79 Å². The van der Waals surface area contributed by atoms with Crippen LogP contribution in [0.15, 0.2) is 66.9 Å². The molecular weight excluding hydrogens is 482 g/mol. The van der Waals surface area contributed by atoms with E-state index in [0.29, 0.717) is 13.2 Å². The highest BCUT2D eigenvalue weighted by atomic mass is 32.1. The molecule has 2 aromatic carbocycles. The minimum absolute atomic E-state index is 0.131. The maximum atomic E-state index is 14.0. The number of carbonyl (C=O) groups is 1. The van der Waals surface area contributed by atoms with Gasteiger partial charge in [-0.1, -0.05) is 12.1 Å². The van der Waals surface area contributed by atoms with E-state index in [0.717, 1.165) is 41.3 Å². The fraction of sp³-hybridized carbons (Fsp3) is 0.300. The Kier molecular flexibility index (Phi) is 6.38. The van der Waals surface area contributed by atoms with Gasteiger partial charge in [0.25, 0.3) is 0 Å². The Hall–Kier alpha value is -3.71. The van der Waals surface area contributed by atoms with Gasteiger partial charge in [0.1, 0.15) is 16.5 Å². The van der Waals surface area contributed by atoms with Crippen molar-refractivity contribution < 1.29 is 14.3 Å². The molecule has 3 heterocycles. The summed E-state index contributed by atoms with van der Waals surface area (Å²) < 4.78 is 13.4. The van der Waals surface area contributed by atoms with E-state index in [1.54, 1.807) is 7.11 Å². The third-order valence-electron chi connectivity index (χ3n) is 7.27. The molecule has 37 heavy (non-hydrogen) atoms. The number of carbonyl (C=O) groups excluding carboxylic acids is 1. The molecule has 0 spiro atoms. The molecule has 1 atom stereocenters. The van der Waals surface area contributed by atoms with Crippen LogP contribution in [0.4, 0.5) is 10.5 Å². The molecule has 6 rings (SSSR count). The Morgan fingerprint density at radius 3 is 2.68 bits per heavy atom. The minimum atomic E-state index is -0.271. The summed E-state index contributed by atoms with van der Waals surface area (Å²) in [7, 11) is 1.64. The first-order valence-corrected chi connectivity index (χ1v) is 13.7. The zero-order valence-corrected chi connectivity index (χ0v) is 22.0. The molecule has 1 aliphatic heterocycles. The lowest BCUT2D eigenvalue weighted by Gasteiger charge is -2.31. The van der Waals surface area contributed by atoms with Gasteiger partial charge >= 0.3 is 6.03 Å². The van der Waals surface area contributed by atoms with E-state index < -0.39 is 0 Å². The van der Waals surface area contributed by atoms with Crippen LogP contribution in [0.3, 0.4) is 0 Å². The van der Waals surface area contributed by atoms with Crippen LogP contribution >= 0.6 is 11.3 Å². The summed E-state index contributed by atoms with van der Waals surface area (Å²) in [5, 5.41) is 4.40. The van der Waals surface area contributed by atoms with Gasteiger partial charge in [-0.2, -0.15) is 0 Å². The molecule has 0 radical (unpaired) electrons. The van der Waals surface area contributed by atoms with E-state index in [2.05, 4.69) is 40.3 Å². The van der Waals surface area contributed by atoms with Crippen LogP contribution in [0.1, 0.15) is 53.1 Å². The highest BCUT2D eigenvalue weighted by Crippen LogP contribution is 2.44. The highest BCUT2D eigenvalue weighted by molar-refractivity contribution is 7.15. The van der Waals surface area contributed by atoms with E-state index in [-0.39, 0.29) is 12.1 Å². The first-order chi connectivity index (χ1) is 18.2. The van der Waals surface area contributed by atoms with Crippen LogP contribution in [0.2, 0.25) is 0 Å². The number of ether oxygens (including phenoxy) is 2. The lowest BCUT2D eigenvalue weighted by molar-refractivity contribution is 0.194. The summed E-state index contributed by atoms with van der Waals surface area (Å²) in [6, 6.07) is 19.4. The van der Waals surface area contributed by atoms with Crippen molar-refractivity contribution in [3.8, 4) is 16.5 Å². The fourth-order valence-corrected chi connectivity index (χ4v) is 6.95. The van der Waals surface area contributed by atoms with Gasteiger partial charge in [0.05, 0.1) is 32.0 Å². The molecule has 1 unspecified atom stereocenters. The van der Waals surface area contributed by atoms with Crippen LogP contribution in [0.25, 0.3) is 5.00 Å². The molecule has 0 saturated heterocycles. The number of nitrogens with one attached hydrogen (secondary N) is 1. The summed E-state index contributed by atoms with van der Waals surface area (Å²) >= 11 is 1.89. The third kappa shape index (κ3) is 4.37. The minimum Gasteiger partial charge on any atom is -0.497 e. The highest BCUT2D eigenvalue weighted by Gasteiger charge is 2.36. The largest absolute Gasteiger partial charge is 0.497 e. The fourth-order valence-electron chi connectivity index (χ4n) is 5.55. The molecule has 7 heteroatoms. The molecule has 2 amide bonds. The Morgan fingerprint density at radius 1 is 1.03 bits per heavy atom. The molecule has 4 aromatic rings. The average molecular weight is 514 g/mol. The Labute approximate surface area is 221 Å². The van der Waals surface area contributed by atoms with Gasteiger partial charge in [0.15, 0.2) is 0 Å².